The molecule has 1 heterocycles. The molecule has 1 saturated heterocycles. The maximum atomic E-state index is 12.8. The van der Waals surface area contributed by atoms with Gasteiger partial charge in [0.2, 0.25) is 5.91 Å². The van der Waals surface area contributed by atoms with E-state index in [1.54, 1.807) is 4.90 Å². The van der Waals surface area contributed by atoms with Crippen molar-refractivity contribution in [3.05, 3.63) is 72.3 Å². The van der Waals surface area contributed by atoms with E-state index in [2.05, 4.69) is 5.32 Å². The molecule has 5 nitrogen and oxygen atoms in total. The average Bonchev–Trinajstić information content (AvgIpc) is 3.08. The van der Waals surface area contributed by atoms with Gasteiger partial charge in [-0.15, -0.1) is 0 Å². The van der Waals surface area contributed by atoms with E-state index in [0.717, 1.165) is 22.2 Å². The summed E-state index contributed by atoms with van der Waals surface area (Å²) in [6, 6.07) is 20.7. The number of nitrogens with zero attached hydrogens (tertiary/aromatic N) is 1. The minimum atomic E-state index is -0.217. The van der Waals surface area contributed by atoms with E-state index in [1.165, 1.54) is 0 Å². The zero-order valence-corrected chi connectivity index (χ0v) is 15.7. The lowest BCUT2D eigenvalue weighted by atomic mass is 10.0. The van der Waals surface area contributed by atoms with Crippen LogP contribution in [0.3, 0.4) is 0 Å². The van der Waals surface area contributed by atoms with Gasteiger partial charge in [-0.1, -0.05) is 36.4 Å². The number of benzene rings is 3. The number of carbonyl (C=O) groups excluding carboxylic acids is 2. The zero-order chi connectivity index (χ0) is 19.5. The normalized spacial score (nSPS) is 16.4. The summed E-state index contributed by atoms with van der Waals surface area (Å²) in [7, 11) is 0. The summed E-state index contributed by atoms with van der Waals surface area (Å²) in [6.45, 7) is 2.99. The van der Waals surface area contributed by atoms with E-state index in [4.69, 9.17) is 4.74 Å². The summed E-state index contributed by atoms with van der Waals surface area (Å²) < 4.78 is 5.45. The highest BCUT2D eigenvalue weighted by Crippen LogP contribution is 2.25. The Balaban J connectivity index is 1.47. The highest BCUT2D eigenvalue weighted by molar-refractivity contribution is 6.07. The predicted molar refractivity (Wildman–Crippen MR) is 110 cm³/mol. The van der Waals surface area contributed by atoms with Crippen molar-refractivity contribution in [1.29, 1.82) is 0 Å². The maximum absolute atomic E-state index is 12.8. The SMILES string of the molecule is CCOc1ccc(N2C[C@@H](NC(=O)c3cccc4ccccc34)CC2=O)cc1. The van der Waals surface area contributed by atoms with Crippen LogP contribution in [0.15, 0.2) is 66.7 Å². The van der Waals surface area contributed by atoms with Gasteiger partial charge in [0, 0.05) is 24.2 Å². The minimum Gasteiger partial charge on any atom is -0.494 e. The molecule has 4 rings (SSSR count). The molecule has 28 heavy (non-hydrogen) atoms. The third-order valence-corrected chi connectivity index (χ3v) is 4.95. The summed E-state index contributed by atoms with van der Waals surface area (Å²) in [6.07, 6.45) is 0.295. The lowest BCUT2D eigenvalue weighted by Crippen LogP contribution is -2.37. The van der Waals surface area contributed by atoms with E-state index >= 15 is 0 Å². The van der Waals surface area contributed by atoms with Crippen LogP contribution in [0.1, 0.15) is 23.7 Å². The van der Waals surface area contributed by atoms with Gasteiger partial charge in [0.25, 0.3) is 5.91 Å². The van der Waals surface area contributed by atoms with Crippen molar-refractivity contribution in [3.63, 3.8) is 0 Å². The van der Waals surface area contributed by atoms with Crippen molar-refractivity contribution in [2.75, 3.05) is 18.1 Å². The molecular weight excluding hydrogens is 352 g/mol. The molecule has 1 aliphatic heterocycles. The fourth-order valence-corrected chi connectivity index (χ4v) is 3.63. The molecule has 0 unspecified atom stereocenters. The van der Waals surface area contributed by atoms with Gasteiger partial charge in [-0.25, -0.2) is 0 Å². The Morgan fingerprint density at radius 2 is 1.82 bits per heavy atom. The summed E-state index contributed by atoms with van der Waals surface area (Å²) in [5, 5.41) is 4.96. The first kappa shape index (κ1) is 18.0. The molecule has 0 radical (unpaired) electrons. The first-order valence-corrected chi connectivity index (χ1v) is 9.47. The second-order valence-electron chi connectivity index (χ2n) is 6.83. The summed E-state index contributed by atoms with van der Waals surface area (Å²) in [5.74, 6) is 0.634. The molecule has 3 aromatic carbocycles. The first-order chi connectivity index (χ1) is 13.7. The highest BCUT2D eigenvalue weighted by Gasteiger charge is 2.32. The average molecular weight is 374 g/mol. The number of hydrogen-bond donors (Lipinski definition) is 1. The largest absolute Gasteiger partial charge is 0.494 e. The van der Waals surface area contributed by atoms with Crippen LogP contribution in [0, 0.1) is 0 Å². The molecule has 1 aliphatic rings. The molecule has 0 bridgehead atoms. The molecule has 5 heteroatoms. The molecule has 1 N–H and O–H groups in total. The zero-order valence-electron chi connectivity index (χ0n) is 15.7. The molecule has 142 valence electrons. The number of ether oxygens (including phenoxy) is 1. The van der Waals surface area contributed by atoms with Crippen LogP contribution in [0.5, 0.6) is 5.75 Å². The van der Waals surface area contributed by atoms with E-state index in [9.17, 15) is 9.59 Å². The Kier molecular flexibility index (Phi) is 4.98. The van der Waals surface area contributed by atoms with E-state index in [1.807, 2.05) is 73.7 Å². The van der Waals surface area contributed by atoms with Crippen molar-refractivity contribution in [2.45, 2.75) is 19.4 Å². The number of rotatable bonds is 5. The number of hydrogen-bond acceptors (Lipinski definition) is 3. The van der Waals surface area contributed by atoms with Crippen LogP contribution >= 0.6 is 0 Å². The predicted octanol–water partition coefficient (Wildman–Crippen LogP) is 3.77. The number of amides is 2. The number of anilines is 1. The standard InChI is InChI=1S/C23H22N2O3/c1-2-28-19-12-10-18(11-13-19)25-15-17(14-22(25)26)24-23(27)21-9-5-7-16-6-3-4-8-20(16)21/h3-13,17H,2,14-15H2,1H3,(H,24,27)/t17-/m0/s1. The number of carbonyl (C=O) groups is 2. The monoisotopic (exact) mass is 374 g/mol. The Morgan fingerprint density at radius 1 is 1.07 bits per heavy atom. The first-order valence-electron chi connectivity index (χ1n) is 9.47. The van der Waals surface area contributed by atoms with Gasteiger partial charge >= 0.3 is 0 Å². The van der Waals surface area contributed by atoms with E-state index in [-0.39, 0.29) is 17.9 Å². The van der Waals surface area contributed by atoms with Gasteiger partial charge in [0.1, 0.15) is 5.75 Å². The Hall–Kier alpha value is -3.34. The second-order valence-corrected chi connectivity index (χ2v) is 6.83. The van der Waals surface area contributed by atoms with E-state index < -0.39 is 0 Å². The van der Waals surface area contributed by atoms with Gasteiger partial charge in [-0.2, -0.15) is 0 Å². The van der Waals surface area contributed by atoms with Crippen molar-refractivity contribution >= 4 is 28.3 Å². The maximum Gasteiger partial charge on any atom is 0.252 e. The Bertz CT molecular complexity index is 1010. The van der Waals surface area contributed by atoms with Crippen LogP contribution in [0.4, 0.5) is 5.69 Å². The highest BCUT2D eigenvalue weighted by atomic mass is 16.5. The van der Waals surface area contributed by atoms with Gasteiger partial charge in [-0.05, 0) is 48.0 Å². The third-order valence-electron chi connectivity index (χ3n) is 4.95. The molecule has 0 aliphatic carbocycles. The second kappa shape index (κ2) is 7.72. The Morgan fingerprint density at radius 3 is 2.61 bits per heavy atom. The fraction of sp³-hybridized carbons (Fsp3) is 0.217. The Labute approximate surface area is 163 Å². The molecule has 2 amide bonds. The van der Waals surface area contributed by atoms with Crippen molar-refractivity contribution < 1.29 is 14.3 Å². The van der Waals surface area contributed by atoms with Crippen LogP contribution in [-0.4, -0.2) is 31.0 Å². The molecule has 1 fully saturated rings. The minimum absolute atomic E-state index is 0.00683. The smallest absolute Gasteiger partial charge is 0.252 e. The van der Waals surface area contributed by atoms with Gasteiger partial charge < -0.3 is 15.0 Å². The molecule has 0 aromatic heterocycles. The van der Waals surface area contributed by atoms with E-state index in [0.29, 0.717) is 25.1 Å². The quantitative estimate of drug-likeness (QED) is 0.739. The molecule has 1 atom stereocenters. The summed E-state index contributed by atoms with van der Waals surface area (Å²) in [5.41, 5.74) is 1.44. The van der Waals surface area contributed by atoms with Gasteiger partial charge in [0.15, 0.2) is 0 Å². The molecule has 3 aromatic rings. The fourth-order valence-electron chi connectivity index (χ4n) is 3.63. The van der Waals surface area contributed by atoms with Gasteiger partial charge in [-0.3, -0.25) is 9.59 Å². The van der Waals surface area contributed by atoms with Crippen LogP contribution in [0.25, 0.3) is 10.8 Å². The summed E-state index contributed by atoms with van der Waals surface area (Å²) >= 11 is 0. The van der Waals surface area contributed by atoms with Crippen LogP contribution in [0.2, 0.25) is 0 Å². The molecular formula is C23H22N2O3. The molecule has 0 spiro atoms. The molecule has 0 saturated carbocycles. The topological polar surface area (TPSA) is 58.6 Å². The number of nitrogens with one attached hydrogen (secondary N) is 1. The lowest BCUT2D eigenvalue weighted by Gasteiger charge is -2.18. The van der Waals surface area contributed by atoms with Crippen LogP contribution < -0.4 is 15.0 Å². The van der Waals surface area contributed by atoms with Crippen molar-refractivity contribution in [2.24, 2.45) is 0 Å². The lowest BCUT2D eigenvalue weighted by molar-refractivity contribution is -0.117. The summed E-state index contributed by atoms with van der Waals surface area (Å²) in [4.78, 5) is 27.0. The van der Waals surface area contributed by atoms with Crippen molar-refractivity contribution in [1.82, 2.24) is 5.32 Å². The number of fused-ring (bicyclic) bond motifs is 1. The third kappa shape index (κ3) is 3.56. The van der Waals surface area contributed by atoms with Crippen molar-refractivity contribution in [3.8, 4) is 5.75 Å². The van der Waals surface area contributed by atoms with Crippen LogP contribution in [-0.2, 0) is 4.79 Å². The van der Waals surface area contributed by atoms with Gasteiger partial charge in [0.05, 0.1) is 12.6 Å².